The Morgan fingerprint density at radius 2 is 1.77 bits per heavy atom. The van der Waals surface area contributed by atoms with E-state index < -0.39 is 0 Å². The van der Waals surface area contributed by atoms with Crippen LogP contribution in [0, 0.1) is 0 Å². The van der Waals surface area contributed by atoms with Crippen LogP contribution in [0.2, 0.25) is 5.09 Å². The van der Waals surface area contributed by atoms with Crippen molar-refractivity contribution in [1.29, 1.82) is 0 Å². The molecule has 0 bridgehead atoms. The van der Waals surface area contributed by atoms with Gasteiger partial charge in [0.2, 0.25) is 0 Å². The van der Waals surface area contributed by atoms with E-state index in [9.17, 15) is 0 Å². The van der Waals surface area contributed by atoms with E-state index in [0.717, 1.165) is 26.1 Å². The van der Waals surface area contributed by atoms with Gasteiger partial charge in [0, 0.05) is 0 Å². The molecule has 2 nitrogen and oxygen atoms in total. The molecule has 0 amide bonds. The molecule has 0 radical (unpaired) electrons. The van der Waals surface area contributed by atoms with Crippen molar-refractivity contribution in [2.24, 2.45) is 0 Å². The van der Waals surface area contributed by atoms with E-state index in [4.69, 9.17) is 9.47 Å². The summed E-state index contributed by atoms with van der Waals surface area (Å²) in [5.41, 5.74) is 0. The summed E-state index contributed by atoms with van der Waals surface area (Å²) >= 11 is 2.18. The standard InChI is InChI=1S/C10H19O2.Li/c1-3-5-6-7-9-12-10-11-8-4-2;/h5-6H,1,3-4,7-10H2,2H3;. The summed E-state index contributed by atoms with van der Waals surface area (Å²) in [5.74, 6) is 0. The SMILES string of the molecule is [Li][CH2]CC=CCCOCOCCC. The maximum atomic E-state index is 5.24. The molecule has 72 valence electrons. The maximum absolute atomic E-state index is 5.24. The van der Waals surface area contributed by atoms with Gasteiger partial charge in [-0.05, 0) is 0 Å². The Kier molecular flexibility index (Phi) is 12.5. The van der Waals surface area contributed by atoms with Crippen LogP contribution in [-0.2, 0) is 9.47 Å². The molecule has 0 aliphatic rings. The summed E-state index contributed by atoms with van der Waals surface area (Å²) in [6.45, 7) is 4.10. The second-order valence-electron chi connectivity index (χ2n) is 2.98. The van der Waals surface area contributed by atoms with E-state index >= 15 is 0 Å². The van der Waals surface area contributed by atoms with Crippen molar-refractivity contribution in [3.63, 3.8) is 0 Å². The summed E-state index contributed by atoms with van der Waals surface area (Å²) < 4.78 is 10.4. The van der Waals surface area contributed by atoms with Crippen LogP contribution in [-0.4, -0.2) is 37.7 Å². The van der Waals surface area contributed by atoms with Crippen molar-refractivity contribution in [1.82, 2.24) is 0 Å². The molecule has 0 unspecified atom stereocenters. The predicted molar refractivity (Wildman–Crippen MR) is 56.0 cm³/mol. The minimum absolute atomic E-state index is 0.440. The Morgan fingerprint density at radius 1 is 1.08 bits per heavy atom. The molecular weight excluding hydrogens is 159 g/mol. The Morgan fingerprint density at radius 3 is 2.46 bits per heavy atom. The third-order valence-electron chi connectivity index (χ3n) is 1.57. The van der Waals surface area contributed by atoms with Gasteiger partial charge in [-0.1, -0.05) is 0 Å². The molecule has 0 aromatic heterocycles. The van der Waals surface area contributed by atoms with Gasteiger partial charge in [0.05, 0.1) is 0 Å². The van der Waals surface area contributed by atoms with Crippen LogP contribution in [0.15, 0.2) is 12.2 Å². The van der Waals surface area contributed by atoms with Crippen molar-refractivity contribution in [3.8, 4) is 0 Å². The number of hydrogen-bond acceptors (Lipinski definition) is 2. The van der Waals surface area contributed by atoms with E-state index in [2.05, 4.69) is 36.8 Å². The van der Waals surface area contributed by atoms with E-state index in [-0.39, 0.29) is 0 Å². The van der Waals surface area contributed by atoms with Gasteiger partial charge in [0.25, 0.3) is 0 Å². The first-order valence-electron chi connectivity index (χ1n) is 5.22. The summed E-state index contributed by atoms with van der Waals surface area (Å²) in [6, 6.07) is 0. The van der Waals surface area contributed by atoms with Crippen molar-refractivity contribution in [3.05, 3.63) is 12.2 Å². The van der Waals surface area contributed by atoms with Gasteiger partial charge < -0.3 is 0 Å². The molecule has 0 aromatic carbocycles. The fraction of sp³-hybridized carbons (Fsp3) is 0.800. The van der Waals surface area contributed by atoms with E-state index in [1.807, 2.05) is 0 Å². The average Bonchev–Trinajstić information content (AvgIpc) is 2.16. The van der Waals surface area contributed by atoms with Crippen LogP contribution >= 0.6 is 0 Å². The van der Waals surface area contributed by atoms with Crippen LogP contribution in [0.25, 0.3) is 0 Å². The molecule has 0 aromatic rings. The molecule has 0 saturated heterocycles. The molecule has 0 rings (SSSR count). The fourth-order valence-corrected chi connectivity index (χ4v) is 0.875. The van der Waals surface area contributed by atoms with Crippen molar-refractivity contribution in [2.75, 3.05) is 20.0 Å². The first-order valence-corrected chi connectivity index (χ1v) is 5.22. The van der Waals surface area contributed by atoms with Gasteiger partial charge in [-0.15, -0.1) is 0 Å². The predicted octanol–water partition coefficient (Wildman–Crippen LogP) is 2.31. The zero-order valence-corrected chi connectivity index (χ0v) is 8.92. The van der Waals surface area contributed by atoms with Crippen LogP contribution in [0.3, 0.4) is 0 Å². The second kappa shape index (κ2) is 12.3. The normalized spacial score (nSPS) is 11.3. The van der Waals surface area contributed by atoms with E-state index in [0.29, 0.717) is 6.79 Å². The number of rotatable bonds is 9. The minimum atomic E-state index is 0.440. The first kappa shape index (κ1) is 13.3. The molecule has 13 heavy (non-hydrogen) atoms. The molecule has 0 N–H and O–H groups in total. The number of allylic oxidation sites excluding steroid dienone is 1. The first-order chi connectivity index (χ1) is 6.41. The third kappa shape index (κ3) is 12.3. The summed E-state index contributed by atoms with van der Waals surface area (Å²) in [7, 11) is 0. The topological polar surface area (TPSA) is 18.5 Å². The van der Waals surface area contributed by atoms with Gasteiger partial charge in [0.1, 0.15) is 0 Å². The summed E-state index contributed by atoms with van der Waals surface area (Å²) in [5, 5.41) is 1.22. The van der Waals surface area contributed by atoms with Gasteiger partial charge >= 0.3 is 90.6 Å². The second-order valence-corrected chi connectivity index (χ2v) is 2.98. The van der Waals surface area contributed by atoms with Crippen molar-refractivity contribution < 1.29 is 9.47 Å². The van der Waals surface area contributed by atoms with Gasteiger partial charge in [-0.2, -0.15) is 0 Å². The van der Waals surface area contributed by atoms with Crippen molar-refractivity contribution in [2.45, 2.75) is 31.3 Å². The Bertz CT molecular complexity index is 115. The summed E-state index contributed by atoms with van der Waals surface area (Å²) in [4.78, 5) is 0. The van der Waals surface area contributed by atoms with Gasteiger partial charge in [-0.25, -0.2) is 0 Å². The monoisotopic (exact) mass is 178 g/mol. The van der Waals surface area contributed by atoms with Crippen LogP contribution in [0.5, 0.6) is 0 Å². The molecule has 0 heterocycles. The Labute approximate surface area is 90.9 Å². The van der Waals surface area contributed by atoms with Crippen LogP contribution in [0.4, 0.5) is 0 Å². The molecule has 0 atom stereocenters. The molecule has 0 spiro atoms. The Hall–Kier alpha value is 0.257. The summed E-state index contributed by atoms with van der Waals surface area (Å²) in [6.07, 6.45) is 7.60. The van der Waals surface area contributed by atoms with E-state index in [1.165, 1.54) is 11.5 Å². The van der Waals surface area contributed by atoms with E-state index in [1.54, 1.807) is 0 Å². The number of hydrogen-bond donors (Lipinski definition) is 0. The molecule has 3 heteroatoms. The molecular formula is C10H19LiO2. The van der Waals surface area contributed by atoms with Crippen LogP contribution < -0.4 is 0 Å². The quantitative estimate of drug-likeness (QED) is 0.233. The van der Waals surface area contributed by atoms with Gasteiger partial charge in [-0.3, -0.25) is 0 Å². The zero-order valence-electron chi connectivity index (χ0n) is 8.92. The van der Waals surface area contributed by atoms with Gasteiger partial charge in [0.15, 0.2) is 0 Å². The third-order valence-corrected chi connectivity index (χ3v) is 1.57. The molecule has 0 saturated carbocycles. The molecule has 0 fully saturated rings. The average molecular weight is 178 g/mol. The van der Waals surface area contributed by atoms with Crippen LogP contribution in [0.1, 0.15) is 26.2 Å². The fourth-order valence-electron chi connectivity index (χ4n) is 0.875. The molecule has 0 aliphatic heterocycles. The van der Waals surface area contributed by atoms with Crippen molar-refractivity contribution >= 4 is 17.7 Å². The Balaban J connectivity index is 2.91. The zero-order chi connectivity index (χ0) is 9.78. The number of ether oxygens (including phenoxy) is 2. The molecule has 0 aliphatic carbocycles.